The number of aryl methyl sites for hydroxylation is 2. The highest BCUT2D eigenvalue weighted by Crippen LogP contribution is 2.41. The molecule has 3 aliphatic rings. The Bertz CT molecular complexity index is 814. The van der Waals surface area contributed by atoms with Crippen LogP contribution in [0.1, 0.15) is 60.8 Å². The van der Waals surface area contributed by atoms with Gasteiger partial charge in [-0.1, -0.05) is 0 Å². The maximum atomic E-state index is 13.0. The highest BCUT2D eigenvalue weighted by molar-refractivity contribution is 5.95. The number of aliphatic hydroxyl groups excluding tert-OH is 1. The normalized spacial score (nSPS) is 29.0. The van der Waals surface area contributed by atoms with Crippen LogP contribution in [0.2, 0.25) is 0 Å². The molecular formula is C22H31N3O4. The van der Waals surface area contributed by atoms with Crippen molar-refractivity contribution in [3.05, 3.63) is 29.1 Å². The Morgan fingerprint density at radius 1 is 1.21 bits per heavy atom. The molecule has 3 fully saturated rings. The van der Waals surface area contributed by atoms with Crippen molar-refractivity contribution in [2.45, 2.75) is 70.1 Å². The number of hydrogen-bond acceptors (Lipinski definition) is 5. The van der Waals surface area contributed by atoms with Crippen molar-refractivity contribution in [1.29, 1.82) is 0 Å². The number of nitrogens with zero attached hydrogens (tertiary/aromatic N) is 2. The fourth-order valence-corrected chi connectivity index (χ4v) is 4.71. The molecule has 0 radical (unpaired) electrons. The maximum Gasteiger partial charge on any atom is 0.255 e. The van der Waals surface area contributed by atoms with Crippen LogP contribution in [-0.2, 0) is 9.53 Å². The Balaban J connectivity index is 1.44. The zero-order valence-electron chi connectivity index (χ0n) is 17.5. The summed E-state index contributed by atoms with van der Waals surface area (Å²) in [4.78, 5) is 31.5. The Hall–Kier alpha value is -1.99. The molecule has 158 valence electrons. The van der Waals surface area contributed by atoms with E-state index in [1.165, 1.54) is 0 Å². The number of ether oxygens (including phenoxy) is 1. The number of piperidine rings is 1. The van der Waals surface area contributed by atoms with Crippen LogP contribution in [0.4, 0.5) is 0 Å². The van der Waals surface area contributed by atoms with Crippen LogP contribution in [0.15, 0.2) is 12.1 Å². The molecule has 1 aromatic heterocycles. The molecule has 2 N–H and O–H groups in total. The summed E-state index contributed by atoms with van der Waals surface area (Å²) >= 11 is 0. The first-order valence-electron chi connectivity index (χ1n) is 10.6. The lowest BCUT2D eigenvalue weighted by Crippen LogP contribution is -2.69. The van der Waals surface area contributed by atoms with Crippen molar-refractivity contribution in [3.63, 3.8) is 0 Å². The fraction of sp³-hybridized carbons (Fsp3) is 0.682. The number of aromatic nitrogens is 1. The number of amides is 2. The van der Waals surface area contributed by atoms with Crippen LogP contribution in [0.5, 0.6) is 0 Å². The second-order valence-corrected chi connectivity index (χ2v) is 9.12. The summed E-state index contributed by atoms with van der Waals surface area (Å²) in [5.74, 6) is 0.113. The van der Waals surface area contributed by atoms with Gasteiger partial charge in [0.2, 0.25) is 5.91 Å². The van der Waals surface area contributed by atoms with E-state index < -0.39 is 17.2 Å². The van der Waals surface area contributed by atoms with E-state index in [-0.39, 0.29) is 17.7 Å². The Labute approximate surface area is 171 Å². The molecule has 0 aromatic carbocycles. The van der Waals surface area contributed by atoms with E-state index in [0.717, 1.165) is 24.2 Å². The second-order valence-electron chi connectivity index (χ2n) is 9.12. The summed E-state index contributed by atoms with van der Waals surface area (Å²) in [6.45, 7) is 7.20. The highest BCUT2D eigenvalue weighted by Gasteiger charge is 2.54. The van der Waals surface area contributed by atoms with Crippen molar-refractivity contribution in [2.75, 3.05) is 19.7 Å². The standard InChI is InChI=1S/C22H31N3O4/c1-14-4-7-17(15(2)23-14)19(27)25-11-8-22(9-12-25)20(28)21(3,10-13-29-22)24-18(26)16-5-6-16/h4,7,16,20,28H,5-6,8-13H2,1-3H3,(H,24,26)/t20-,21+/m1/s1. The van der Waals surface area contributed by atoms with Crippen LogP contribution >= 0.6 is 0 Å². The van der Waals surface area contributed by atoms with Gasteiger partial charge in [-0.05, 0) is 65.0 Å². The smallest absolute Gasteiger partial charge is 0.255 e. The molecule has 3 heterocycles. The number of likely N-dealkylation sites (tertiary alicyclic amines) is 1. The third-order valence-electron chi connectivity index (χ3n) is 6.82. The van der Waals surface area contributed by atoms with Crippen molar-refractivity contribution in [3.8, 4) is 0 Å². The van der Waals surface area contributed by atoms with Crippen molar-refractivity contribution < 1.29 is 19.4 Å². The highest BCUT2D eigenvalue weighted by atomic mass is 16.5. The lowest BCUT2D eigenvalue weighted by molar-refractivity contribution is -0.205. The average Bonchev–Trinajstić information content (AvgIpc) is 3.52. The van der Waals surface area contributed by atoms with E-state index in [0.29, 0.717) is 44.5 Å². The molecule has 7 nitrogen and oxygen atoms in total. The fourth-order valence-electron chi connectivity index (χ4n) is 4.71. The van der Waals surface area contributed by atoms with E-state index in [4.69, 9.17) is 4.74 Å². The van der Waals surface area contributed by atoms with Gasteiger partial charge in [0, 0.05) is 31.3 Å². The van der Waals surface area contributed by atoms with Gasteiger partial charge in [-0.2, -0.15) is 0 Å². The summed E-state index contributed by atoms with van der Waals surface area (Å²) in [5.41, 5.74) is 0.837. The molecule has 1 saturated carbocycles. The Kier molecular flexibility index (Phi) is 5.15. The van der Waals surface area contributed by atoms with E-state index >= 15 is 0 Å². The van der Waals surface area contributed by atoms with E-state index in [2.05, 4.69) is 10.3 Å². The van der Waals surface area contributed by atoms with Crippen molar-refractivity contribution in [1.82, 2.24) is 15.2 Å². The molecule has 0 bridgehead atoms. The molecule has 7 heteroatoms. The largest absolute Gasteiger partial charge is 0.388 e. The molecule has 4 rings (SSSR count). The molecule has 2 amide bonds. The SMILES string of the molecule is Cc1ccc(C(=O)N2CCC3(CC2)OCC[C@](C)(NC(=O)C2CC2)[C@H]3O)c(C)n1. The number of rotatable bonds is 3. The molecule has 1 spiro atoms. The van der Waals surface area contributed by atoms with Gasteiger partial charge >= 0.3 is 0 Å². The molecule has 2 saturated heterocycles. The average molecular weight is 402 g/mol. The predicted octanol–water partition coefficient (Wildman–Crippen LogP) is 1.74. The number of aliphatic hydroxyl groups is 1. The summed E-state index contributed by atoms with van der Waals surface area (Å²) in [7, 11) is 0. The van der Waals surface area contributed by atoms with Crippen molar-refractivity contribution in [2.24, 2.45) is 5.92 Å². The first-order valence-corrected chi connectivity index (χ1v) is 10.6. The molecule has 29 heavy (non-hydrogen) atoms. The number of nitrogens with one attached hydrogen (secondary N) is 1. The van der Waals surface area contributed by atoms with E-state index in [9.17, 15) is 14.7 Å². The van der Waals surface area contributed by atoms with Gasteiger partial charge in [-0.3, -0.25) is 14.6 Å². The molecule has 0 unspecified atom stereocenters. The molecule has 1 aliphatic carbocycles. The van der Waals surface area contributed by atoms with Gasteiger partial charge in [0.15, 0.2) is 0 Å². The van der Waals surface area contributed by atoms with Crippen molar-refractivity contribution >= 4 is 11.8 Å². The first-order chi connectivity index (χ1) is 13.7. The number of hydrogen-bond donors (Lipinski definition) is 2. The minimum Gasteiger partial charge on any atom is -0.388 e. The van der Waals surface area contributed by atoms with Gasteiger partial charge < -0.3 is 20.1 Å². The second kappa shape index (κ2) is 7.36. The number of carbonyl (C=O) groups excluding carboxylic acids is 2. The molecular weight excluding hydrogens is 370 g/mol. The maximum absolute atomic E-state index is 13.0. The Morgan fingerprint density at radius 3 is 2.52 bits per heavy atom. The summed E-state index contributed by atoms with van der Waals surface area (Å²) < 4.78 is 6.09. The number of carbonyl (C=O) groups is 2. The summed E-state index contributed by atoms with van der Waals surface area (Å²) in [6.07, 6.45) is 2.76. The van der Waals surface area contributed by atoms with Crippen LogP contribution in [-0.4, -0.2) is 63.7 Å². The Morgan fingerprint density at radius 2 is 1.90 bits per heavy atom. The molecule has 1 aromatic rings. The summed E-state index contributed by atoms with van der Waals surface area (Å²) in [5, 5.41) is 14.3. The van der Waals surface area contributed by atoms with Gasteiger partial charge in [-0.25, -0.2) is 0 Å². The first kappa shape index (κ1) is 20.3. The lowest BCUT2D eigenvalue weighted by atomic mass is 9.73. The van der Waals surface area contributed by atoms with Gasteiger partial charge in [0.1, 0.15) is 6.10 Å². The van der Waals surface area contributed by atoms with Crippen LogP contribution in [0.3, 0.4) is 0 Å². The third kappa shape index (κ3) is 3.78. The van der Waals surface area contributed by atoms with E-state index in [1.807, 2.05) is 37.8 Å². The van der Waals surface area contributed by atoms with Gasteiger partial charge in [-0.15, -0.1) is 0 Å². The van der Waals surface area contributed by atoms with E-state index in [1.54, 1.807) is 0 Å². The zero-order valence-corrected chi connectivity index (χ0v) is 17.5. The number of pyridine rings is 1. The monoisotopic (exact) mass is 401 g/mol. The van der Waals surface area contributed by atoms with Crippen LogP contribution in [0.25, 0.3) is 0 Å². The molecule has 2 atom stereocenters. The minimum absolute atomic E-state index is 0.0278. The zero-order chi connectivity index (χ0) is 20.8. The summed E-state index contributed by atoms with van der Waals surface area (Å²) in [6, 6.07) is 3.69. The third-order valence-corrected chi connectivity index (χ3v) is 6.82. The predicted molar refractivity (Wildman–Crippen MR) is 107 cm³/mol. The van der Waals surface area contributed by atoms with Gasteiger partial charge in [0.25, 0.3) is 5.91 Å². The topological polar surface area (TPSA) is 91.8 Å². The van der Waals surface area contributed by atoms with Gasteiger partial charge in [0.05, 0.1) is 22.4 Å². The lowest BCUT2D eigenvalue weighted by Gasteiger charge is -2.53. The van der Waals surface area contributed by atoms with Crippen LogP contribution < -0.4 is 5.32 Å². The molecule has 2 aliphatic heterocycles. The minimum atomic E-state index is -0.800. The van der Waals surface area contributed by atoms with Crippen LogP contribution in [0, 0.1) is 19.8 Å². The quantitative estimate of drug-likeness (QED) is 0.805.